The van der Waals surface area contributed by atoms with Crippen molar-refractivity contribution >= 4 is 17.6 Å². The van der Waals surface area contributed by atoms with Crippen molar-refractivity contribution in [3.63, 3.8) is 0 Å². The van der Waals surface area contributed by atoms with Crippen LogP contribution in [0.2, 0.25) is 0 Å². The SMILES string of the molecule is CC[C@H](C)N(Cc1c(-c2ccc(F)cc2)noc1N1CCOCC1)C(=O)Nc1ccc(C)cc1. The fraction of sp³-hybridized carbons (Fsp3) is 0.385. The molecule has 1 fully saturated rings. The maximum Gasteiger partial charge on any atom is 0.322 e. The van der Waals surface area contributed by atoms with Gasteiger partial charge in [-0.2, -0.15) is 0 Å². The van der Waals surface area contributed by atoms with Gasteiger partial charge in [0, 0.05) is 30.4 Å². The summed E-state index contributed by atoms with van der Waals surface area (Å²) in [6.45, 7) is 8.91. The summed E-state index contributed by atoms with van der Waals surface area (Å²) in [5, 5.41) is 7.36. The molecule has 180 valence electrons. The highest BCUT2D eigenvalue weighted by Gasteiger charge is 2.29. The van der Waals surface area contributed by atoms with Gasteiger partial charge in [0.15, 0.2) is 0 Å². The van der Waals surface area contributed by atoms with Gasteiger partial charge in [0.25, 0.3) is 0 Å². The van der Waals surface area contributed by atoms with Crippen LogP contribution in [0.15, 0.2) is 53.1 Å². The van der Waals surface area contributed by atoms with Crippen molar-refractivity contribution in [1.29, 1.82) is 0 Å². The van der Waals surface area contributed by atoms with Crippen molar-refractivity contribution < 1.29 is 18.4 Å². The van der Waals surface area contributed by atoms with Crippen LogP contribution in [0.1, 0.15) is 31.4 Å². The van der Waals surface area contributed by atoms with Crippen LogP contribution in [-0.4, -0.2) is 48.4 Å². The molecule has 0 saturated carbocycles. The summed E-state index contributed by atoms with van der Waals surface area (Å²) in [5.74, 6) is 0.306. The molecule has 1 aliphatic rings. The Morgan fingerprint density at radius 1 is 1.15 bits per heavy atom. The van der Waals surface area contributed by atoms with Gasteiger partial charge in [0.05, 0.1) is 25.3 Å². The van der Waals surface area contributed by atoms with Gasteiger partial charge in [0.1, 0.15) is 11.5 Å². The van der Waals surface area contributed by atoms with E-state index < -0.39 is 0 Å². The molecule has 1 atom stereocenters. The number of aryl methyl sites for hydroxylation is 1. The van der Waals surface area contributed by atoms with Crippen molar-refractivity contribution in [2.45, 2.75) is 39.8 Å². The number of carbonyl (C=O) groups excluding carboxylic acids is 1. The Labute approximate surface area is 199 Å². The van der Waals surface area contributed by atoms with E-state index in [-0.39, 0.29) is 17.9 Å². The number of benzene rings is 2. The lowest BCUT2D eigenvalue weighted by atomic mass is 10.1. The largest absolute Gasteiger partial charge is 0.378 e. The Hall–Kier alpha value is -3.39. The highest BCUT2D eigenvalue weighted by molar-refractivity contribution is 5.89. The summed E-state index contributed by atoms with van der Waals surface area (Å²) in [5.41, 5.74) is 4.01. The van der Waals surface area contributed by atoms with Gasteiger partial charge in [-0.1, -0.05) is 29.8 Å². The Balaban J connectivity index is 1.68. The highest BCUT2D eigenvalue weighted by Crippen LogP contribution is 2.34. The lowest BCUT2D eigenvalue weighted by Crippen LogP contribution is -2.41. The molecule has 8 heteroatoms. The van der Waals surface area contributed by atoms with Gasteiger partial charge in [0.2, 0.25) is 5.88 Å². The van der Waals surface area contributed by atoms with E-state index in [9.17, 15) is 9.18 Å². The topological polar surface area (TPSA) is 70.8 Å². The second-order valence-electron chi connectivity index (χ2n) is 8.60. The zero-order chi connectivity index (χ0) is 24.1. The minimum Gasteiger partial charge on any atom is -0.378 e. The van der Waals surface area contributed by atoms with E-state index in [0.717, 1.165) is 28.8 Å². The molecule has 1 saturated heterocycles. The number of rotatable bonds is 7. The molecule has 34 heavy (non-hydrogen) atoms. The van der Waals surface area contributed by atoms with Crippen molar-refractivity contribution in [2.75, 3.05) is 36.5 Å². The zero-order valence-electron chi connectivity index (χ0n) is 19.9. The Morgan fingerprint density at radius 3 is 2.47 bits per heavy atom. The van der Waals surface area contributed by atoms with Gasteiger partial charge in [-0.3, -0.25) is 0 Å². The maximum absolute atomic E-state index is 13.6. The first-order chi connectivity index (χ1) is 16.5. The van der Waals surface area contributed by atoms with E-state index in [1.165, 1.54) is 12.1 Å². The third-order valence-corrected chi connectivity index (χ3v) is 6.20. The van der Waals surface area contributed by atoms with Crippen LogP contribution >= 0.6 is 0 Å². The first-order valence-corrected chi connectivity index (χ1v) is 11.7. The average molecular weight is 467 g/mol. The summed E-state index contributed by atoms with van der Waals surface area (Å²) in [7, 11) is 0. The molecule has 2 heterocycles. The maximum atomic E-state index is 13.6. The monoisotopic (exact) mass is 466 g/mol. The lowest BCUT2D eigenvalue weighted by Gasteiger charge is -2.31. The molecule has 2 amide bonds. The normalized spacial score (nSPS) is 14.6. The molecule has 4 rings (SSSR count). The molecular weight excluding hydrogens is 435 g/mol. The number of anilines is 2. The Bertz CT molecular complexity index is 1090. The fourth-order valence-corrected chi connectivity index (χ4v) is 3.94. The molecule has 0 radical (unpaired) electrons. The first-order valence-electron chi connectivity index (χ1n) is 11.7. The standard InChI is InChI=1S/C26H31FN4O3/c1-4-19(3)31(26(32)28-22-11-5-18(2)6-12-22)17-23-24(20-7-9-21(27)10-8-20)29-34-25(23)30-13-15-33-16-14-30/h5-12,19H,4,13-17H2,1-3H3,(H,28,32)/t19-/m0/s1. The van der Waals surface area contributed by atoms with Crippen LogP contribution in [0, 0.1) is 12.7 Å². The van der Waals surface area contributed by atoms with Crippen molar-refractivity contribution in [2.24, 2.45) is 0 Å². The first kappa shape index (κ1) is 23.8. The predicted octanol–water partition coefficient (Wildman–Crippen LogP) is 5.46. The van der Waals surface area contributed by atoms with E-state index in [4.69, 9.17) is 9.26 Å². The summed E-state index contributed by atoms with van der Waals surface area (Å²) < 4.78 is 24.9. The molecule has 0 spiro atoms. The van der Waals surface area contributed by atoms with Crippen LogP contribution < -0.4 is 10.2 Å². The van der Waals surface area contributed by atoms with Gasteiger partial charge in [-0.05, 0) is 56.7 Å². The summed E-state index contributed by atoms with van der Waals surface area (Å²) in [6.07, 6.45) is 0.783. The second kappa shape index (κ2) is 10.7. The molecule has 2 aromatic carbocycles. The predicted molar refractivity (Wildman–Crippen MR) is 130 cm³/mol. The summed E-state index contributed by atoms with van der Waals surface area (Å²) >= 11 is 0. The van der Waals surface area contributed by atoms with Gasteiger partial charge in [-0.15, -0.1) is 0 Å². The summed E-state index contributed by atoms with van der Waals surface area (Å²) in [4.78, 5) is 17.3. The summed E-state index contributed by atoms with van der Waals surface area (Å²) in [6, 6.07) is 13.7. The average Bonchev–Trinajstić information content (AvgIpc) is 3.28. The number of nitrogens with zero attached hydrogens (tertiary/aromatic N) is 3. The quantitative estimate of drug-likeness (QED) is 0.501. The van der Waals surface area contributed by atoms with E-state index in [2.05, 4.69) is 15.4 Å². The molecule has 0 bridgehead atoms. The zero-order valence-corrected chi connectivity index (χ0v) is 19.9. The molecule has 1 N–H and O–H groups in total. The number of carbonyl (C=O) groups is 1. The number of hydrogen-bond donors (Lipinski definition) is 1. The van der Waals surface area contributed by atoms with Crippen LogP contribution in [0.3, 0.4) is 0 Å². The third-order valence-electron chi connectivity index (χ3n) is 6.20. The molecule has 1 aliphatic heterocycles. The van der Waals surface area contributed by atoms with Crippen molar-refractivity contribution in [1.82, 2.24) is 10.1 Å². The minimum absolute atomic E-state index is 0.0287. The molecule has 3 aromatic rings. The molecule has 0 aliphatic carbocycles. The third kappa shape index (κ3) is 5.39. The molecule has 0 unspecified atom stereocenters. The number of aromatic nitrogens is 1. The number of hydrogen-bond acceptors (Lipinski definition) is 5. The van der Waals surface area contributed by atoms with Gasteiger partial charge < -0.3 is 24.4 Å². The Morgan fingerprint density at radius 2 is 1.82 bits per heavy atom. The van der Waals surface area contributed by atoms with Crippen LogP contribution in [-0.2, 0) is 11.3 Å². The van der Waals surface area contributed by atoms with E-state index in [0.29, 0.717) is 44.4 Å². The molecular formula is C26H31FN4O3. The molecule has 7 nitrogen and oxygen atoms in total. The smallest absolute Gasteiger partial charge is 0.322 e. The van der Waals surface area contributed by atoms with Crippen LogP contribution in [0.5, 0.6) is 0 Å². The van der Waals surface area contributed by atoms with Crippen LogP contribution in [0.25, 0.3) is 11.3 Å². The van der Waals surface area contributed by atoms with Crippen molar-refractivity contribution in [3.05, 3.63) is 65.5 Å². The number of nitrogens with one attached hydrogen (secondary N) is 1. The minimum atomic E-state index is -0.319. The van der Waals surface area contributed by atoms with E-state index in [1.807, 2.05) is 45.0 Å². The second-order valence-corrected chi connectivity index (χ2v) is 8.60. The number of amides is 2. The number of halogens is 1. The highest BCUT2D eigenvalue weighted by atomic mass is 19.1. The fourth-order valence-electron chi connectivity index (χ4n) is 3.94. The van der Waals surface area contributed by atoms with Gasteiger partial charge >= 0.3 is 6.03 Å². The van der Waals surface area contributed by atoms with Crippen molar-refractivity contribution in [3.8, 4) is 11.3 Å². The lowest BCUT2D eigenvalue weighted by molar-refractivity contribution is 0.119. The number of ether oxygens (including phenoxy) is 1. The Kier molecular flexibility index (Phi) is 7.47. The van der Waals surface area contributed by atoms with E-state index >= 15 is 0 Å². The number of urea groups is 1. The number of morpholine rings is 1. The molecule has 1 aromatic heterocycles. The van der Waals surface area contributed by atoms with E-state index in [1.54, 1.807) is 17.0 Å². The van der Waals surface area contributed by atoms with Gasteiger partial charge in [-0.25, -0.2) is 9.18 Å². The van der Waals surface area contributed by atoms with Crippen LogP contribution in [0.4, 0.5) is 20.8 Å².